The van der Waals surface area contributed by atoms with Gasteiger partial charge in [0.05, 0.1) is 13.7 Å². The predicted molar refractivity (Wildman–Crippen MR) is 54.7 cm³/mol. The Bertz CT molecular complexity index is 327. The summed E-state index contributed by atoms with van der Waals surface area (Å²) < 4.78 is 17.3. The lowest BCUT2D eigenvalue weighted by Gasteiger charge is -2.24. The Kier molecular flexibility index (Phi) is 7.04. The first kappa shape index (κ1) is 16.8. The van der Waals surface area contributed by atoms with Gasteiger partial charge in [-0.1, -0.05) is 0 Å². The van der Waals surface area contributed by atoms with Gasteiger partial charge in [0, 0.05) is 6.92 Å². The van der Waals surface area contributed by atoms with E-state index in [-0.39, 0.29) is 6.61 Å². The number of hydrogen-bond donors (Lipinski definition) is 1. The zero-order chi connectivity index (χ0) is 14.9. The third-order valence-corrected chi connectivity index (χ3v) is 1.49. The van der Waals surface area contributed by atoms with Gasteiger partial charge in [-0.25, -0.2) is 4.79 Å². The van der Waals surface area contributed by atoms with E-state index >= 15 is 0 Å². The molecule has 0 heterocycles. The lowest BCUT2D eigenvalue weighted by atomic mass is 10.3. The van der Waals surface area contributed by atoms with Gasteiger partial charge in [-0.2, -0.15) is 19.4 Å². The molecule has 110 valence electrons. The topological polar surface area (TPSA) is 127 Å². The van der Waals surface area contributed by atoms with Crippen LogP contribution >= 0.6 is 0 Å². The number of hydrogen-bond acceptors (Lipinski definition) is 10. The molecule has 0 saturated heterocycles. The van der Waals surface area contributed by atoms with E-state index in [1.807, 2.05) is 0 Å². The van der Waals surface area contributed by atoms with E-state index in [1.54, 1.807) is 0 Å². The summed E-state index contributed by atoms with van der Waals surface area (Å²) in [5.74, 6) is -2.05. The molecule has 0 spiro atoms. The Labute approximate surface area is 108 Å². The SMILES string of the molecule is CCOC(=O)OOC(=O)OC(C)(CO)OC(=O)OC. The van der Waals surface area contributed by atoms with Gasteiger partial charge < -0.3 is 24.1 Å². The smallest absolute Gasteiger partial charge is 0.438 e. The van der Waals surface area contributed by atoms with Crippen molar-refractivity contribution >= 4 is 18.5 Å². The second-order valence-electron chi connectivity index (χ2n) is 3.05. The first-order valence-corrected chi connectivity index (χ1v) is 4.99. The number of ether oxygens (including phenoxy) is 4. The summed E-state index contributed by atoms with van der Waals surface area (Å²) in [6.07, 6.45) is -4.00. The summed E-state index contributed by atoms with van der Waals surface area (Å²) in [6.45, 7) is 1.69. The van der Waals surface area contributed by atoms with Crippen LogP contribution in [-0.4, -0.2) is 49.7 Å². The van der Waals surface area contributed by atoms with Crippen LogP contribution in [0.5, 0.6) is 0 Å². The molecular weight excluding hydrogens is 268 g/mol. The molecule has 0 aliphatic rings. The summed E-state index contributed by atoms with van der Waals surface area (Å²) in [7, 11) is 1.02. The third kappa shape index (κ3) is 6.93. The molecule has 0 aromatic heterocycles. The highest BCUT2D eigenvalue weighted by Crippen LogP contribution is 2.14. The minimum Gasteiger partial charge on any atom is -0.438 e. The molecule has 1 atom stereocenters. The molecule has 0 bridgehead atoms. The maximum Gasteiger partial charge on any atom is 0.553 e. The second kappa shape index (κ2) is 7.97. The molecule has 0 amide bonds. The highest BCUT2D eigenvalue weighted by Gasteiger charge is 2.35. The summed E-state index contributed by atoms with van der Waals surface area (Å²) in [5.41, 5.74) is 0. The van der Waals surface area contributed by atoms with E-state index in [0.717, 1.165) is 14.0 Å². The molecule has 0 aliphatic heterocycles. The van der Waals surface area contributed by atoms with Gasteiger partial charge in [-0.15, -0.1) is 0 Å². The molecule has 0 rings (SSSR count). The molecule has 0 aliphatic carbocycles. The van der Waals surface area contributed by atoms with Crippen molar-refractivity contribution in [3.05, 3.63) is 0 Å². The Morgan fingerprint density at radius 2 is 1.58 bits per heavy atom. The van der Waals surface area contributed by atoms with Crippen molar-refractivity contribution in [2.24, 2.45) is 0 Å². The number of aliphatic hydroxyl groups is 1. The fourth-order valence-electron chi connectivity index (χ4n) is 0.707. The van der Waals surface area contributed by atoms with Crippen molar-refractivity contribution in [2.75, 3.05) is 20.3 Å². The first-order valence-electron chi connectivity index (χ1n) is 4.99. The number of aliphatic hydroxyl groups excluding tert-OH is 1. The van der Waals surface area contributed by atoms with E-state index in [0.29, 0.717) is 0 Å². The quantitative estimate of drug-likeness (QED) is 0.259. The number of methoxy groups -OCH3 is 1. The highest BCUT2D eigenvalue weighted by atomic mass is 17.3. The first-order chi connectivity index (χ1) is 8.86. The minimum absolute atomic E-state index is 0.0110. The monoisotopic (exact) mass is 282 g/mol. The van der Waals surface area contributed by atoms with Gasteiger partial charge >= 0.3 is 18.5 Å². The summed E-state index contributed by atoms with van der Waals surface area (Å²) in [5, 5.41) is 8.94. The van der Waals surface area contributed by atoms with E-state index in [9.17, 15) is 14.4 Å². The van der Waals surface area contributed by atoms with Gasteiger partial charge in [0.25, 0.3) is 5.79 Å². The van der Waals surface area contributed by atoms with Gasteiger partial charge in [-0.3, -0.25) is 0 Å². The van der Waals surface area contributed by atoms with Gasteiger partial charge in [0.2, 0.25) is 0 Å². The number of carbonyl (C=O) groups is 3. The van der Waals surface area contributed by atoms with Crippen molar-refractivity contribution in [1.82, 2.24) is 0 Å². The molecule has 1 N–H and O–H groups in total. The molecule has 19 heavy (non-hydrogen) atoms. The predicted octanol–water partition coefficient (Wildman–Crippen LogP) is 0.719. The van der Waals surface area contributed by atoms with Crippen LogP contribution in [0.15, 0.2) is 0 Å². The molecule has 10 nitrogen and oxygen atoms in total. The molecular formula is C9H14O10. The summed E-state index contributed by atoms with van der Waals surface area (Å²) >= 11 is 0. The maximum absolute atomic E-state index is 11.1. The lowest BCUT2D eigenvalue weighted by Crippen LogP contribution is -2.41. The van der Waals surface area contributed by atoms with E-state index < -0.39 is 30.9 Å². The fourth-order valence-corrected chi connectivity index (χ4v) is 0.707. The van der Waals surface area contributed by atoms with Crippen LogP contribution in [0.4, 0.5) is 14.4 Å². The number of carbonyl (C=O) groups excluding carboxylic acids is 3. The molecule has 0 aromatic carbocycles. The average Bonchev–Trinajstić information content (AvgIpc) is 2.36. The van der Waals surface area contributed by atoms with Crippen LogP contribution in [-0.2, 0) is 28.7 Å². The Morgan fingerprint density at radius 1 is 1.05 bits per heavy atom. The van der Waals surface area contributed by atoms with Gasteiger partial charge in [0.1, 0.15) is 6.61 Å². The van der Waals surface area contributed by atoms with Crippen molar-refractivity contribution in [2.45, 2.75) is 19.6 Å². The van der Waals surface area contributed by atoms with E-state index in [1.165, 1.54) is 6.92 Å². The van der Waals surface area contributed by atoms with Crippen LogP contribution < -0.4 is 0 Å². The van der Waals surface area contributed by atoms with Crippen LogP contribution in [0.25, 0.3) is 0 Å². The largest absolute Gasteiger partial charge is 0.553 e. The third-order valence-electron chi connectivity index (χ3n) is 1.49. The highest BCUT2D eigenvalue weighted by molar-refractivity contribution is 5.64. The Morgan fingerprint density at radius 3 is 2.05 bits per heavy atom. The molecule has 10 heteroatoms. The molecule has 0 aromatic rings. The van der Waals surface area contributed by atoms with Crippen LogP contribution in [0.1, 0.15) is 13.8 Å². The van der Waals surface area contributed by atoms with Crippen LogP contribution in [0.2, 0.25) is 0 Å². The second-order valence-corrected chi connectivity index (χ2v) is 3.05. The Hall–Kier alpha value is -2.23. The Balaban J connectivity index is 4.26. The van der Waals surface area contributed by atoms with Gasteiger partial charge in [0.15, 0.2) is 0 Å². The van der Waals surface area contributed by atoms with Crippen LogP contribution in [0.3, 0.4) is 0 Å². The lowest BCUT2D eigenvalue weighted by molar-refractivity contribution is -0.257. The van der Waals surface area contributed by atoms with E-state index in [2.05, 4.69) is 28.7 Å². The van der Waals surface area contributed by atoms with Crippen LogP contribution in [0, 0.1) is 0 Å². The van der Waals surface area contributed by atoms with E-state index in [4.69, 9.17) is 5.11 Å². The van der Waals surface area contributed by atoms with Crippen molar-refractivity contribution < 1.29 is 48.2 Å². The zero-order valence-corrected chi connectivity index (χ0v) is 10.5. The van der Waals surface area contributed by atoms with Crippen molar-refractivity contribution in [3.63, 3.8) is 0 Å². The van der Waals surface area contributed by atoms with Crippen molar-refractivity contribution in [1.29, 1.82) is 0 Å². The molecule has 0 saturated carbocycles. The molecule has 0 fully saturated rings. The standard InChI is InChI=1S/C9H14O10/c1-4-15-7(12)18-19-8(13)17-9(2,5-10)16-6(11)14-3/h10H,4-5H2,1-3H3. The van der Waals surface area contributed by atoms with Gasteiger partial charge in [-0.05, 0) is 6.92 Å². The summed E-state index contributed by atoms with van der Waals surface area (Å²) in [4.78, 5) is 40.3. The zero-order valence-electron chi connectivity index (χ0n) is 10.5. The van der Waals surface area contributed by atoms with Crippen molar-refractivity contribution in [3.8, 4) is 0 Å². The minimum atomic E-state index is -2.05. The average molecular weight is 282 g/mol. The summed E-state index contributed by atoms with van der Waals surface area (Å²) in [6, 6.07) is 0. The molecule has 1 unspecified atom stereocenters. The fraction of sp³-hybridized carbons (Fsp3) is 0.667. The number of rotatable bonds is 4. The normalized spacial score (nSPS) is 12.6. The molecule has 0 radical (unpaired) electrons. The maximum atomic E-state index is 11.1.